The Bertz CT molecular complexity index is 691. The Hall–Kier alpha value is -1.80. The van der Waals surface area contributed by atoms with Gasteiger partial charge < -0.3 is 9.84 Å². The second kappa shape index (κ2) is 5.90. The lowest BCUT2D eigenvalue weighted by Gasteiger charge is -2.08. The molecule has 0 radical (unpaired) electrons. The van der Waals surface area contributed by atoms with Crippen LogP contribution in [-0.4, -0.2) is 37.9 Å². The fraction of sp³-hybridized carbons (Fsp3) is 0.333. The number of hydrogen-bond acceptors (Lipinski definition) is 6. The Morgan fingerprint density at radius 2 is 2.38 bits per heavy atom. The van der Waals surface area contributed by atoms with Gasteiger partial charge in [0.1, 0.15) is 12.3 Å². The molecule has 0 atom stereocenters. The fourth-order valence-corrected chi connectivity index (χ4v) is 3.23. The molecule has 0 unspecified atom stereocenters. The zero-order valence-corrected chi connectivity index (χ0v) is 12.4. The monoisotopic (exact) mass is 326 g/mol. The lowest BCUT2D eigenvalue weighted by Crippen LogP contribution is -2.11. The van der Waals surface area contributed by atoms with Crippen LogP contribution in [0.5, 0.6) is 5.75 Å². The Kier molecular flexibility index (Phi) is 3.98. The molecule has 21 heavy (non-hydrogen) atoms. The van der Waals surface area contributed by atoms with Crippen LogP contribution in [0.3, 0.4) is 0 Å². The van der Waals surface area contributed by atoms with Crippen molar-refractivity contribution in [1.82, 2.24) is 20.2 Å². The van der Waals surface area contributed by atoms with Gasteiger partial charge in [0.05, 0.1) is 6.61 Å². The molecule has 2 heterocycles. The van der Waals surface area contributed by atoms with Crippen molar-refractivity contribution in [3.63, 3.8) is 0 Å². The van der Waals surface area contributed by atoms with Crippen molar-refractivity contribution in [3.05, 3.63) is 28.3 Å². The summed E-state index contributed by atoms with van der Waals surface area (Å²) < 4.78 is 6.87. The fourth-order valence-electron chi connectivity index (χ4n) is 2.12. The van der Waals surface area contributed by atoms with Gasteiger partial charge in [-0.05, 0) is 28.1 Å². The number of fused-ring (bicyclic) bond motifs is 1. The lowest BCUT2D eigenvalue weighted by molar-refractivity contribution is -0.138. The third-order valence-corrected chi connectivity index (χ3v) is 4.19. The molecular weight excluding hydrogens is 316 g/mol. The molecular formula is C12H11ClN4O3S. The number of thioether (sulfide) groups is 1. The van der Waals surface area contributed by atoms with Crippen LogP contribution in [-0.2, 0) is 23.5 Å². The van der Waals surface area contributed by atoms with Gasteiger partial charge in [-0.25, -0.2) is 4.68 Å². The molecule has 7 nitrogen and oxygen atoms in total. The molecule has 9 heteroatoms. The highest BCUT2D eigenvalue weighted by Crippen LogP contribution is 2.35. The molecule has 0 aliphatic carbocycles. The van der Waals surface area contributed by atoms with E-state index in [0.717, 1.165) is 23.3 Å². The highest BCUT2D eigenvalue weighted by Gasteiger charge is 2.19. The average molecular weight is 327 g/mol. The van der Waals surface area contributed by atoms with Crippen molar-refractivity contribution in [2.24, 2.45) is 0 Å². The standard InChI is InChI=1S/C12H11ClN4O3S/c13-9-3-7-1-2-20-11(7)8(4-9)6-21-12-14-15-16-17(12)5-10(18)19/h3-4H,1-2,5-6H2,(H,18,19). The van der Waals surface area contributed by atoms with Crippen LogP contribution in [0, 0.1) is 0 Å². The Labute approximate surface area is 129 Å². The van der Waals surface area contributed by atoms with E-state index in [2.05, 4.69) is 15.5 Å². The van der Waals surface area contributed by atoms with E-state index in [1.807, 2.05) is 12.1 Å². The van der Waals surface area contributed by atoms with E-state index in [4.69, 9.17) is 21.4 Å². The molecule has 0 spiro atoms. The second-order valence-corrected chi connectivity index (χ2v) is 5.83. The third-order valence-electron chi connectivity index (χ3n) is 2.97. The summed E-state index contributed by atoms with van der Waals surface area (Å²) in [5, 5.41) is 20.9. The maximum atomic E-state index is 10.7. The number of carboxylic acids is 1. The van der Waals surface area contributed by atoms with E-state index < -0.39 is 5.97 Å². The van der Waals surface area contributed by atoms with Crippen LogP contribution < -0.4 is 4.74 Å². The minimum Gasteiger partial charge on any atom is -0.493 e. The number of carbonyl (C=O) groups is 1. The Balaban J connectivity index is 1.77. The first-order chi connectivity index (χ1) is 10.1. The average Bonchev–Trinajstić information content (AvgIpc) is 3.04. The van der Waals surface area contributed by atoms with E-state index in [9.17, 15) is 4.79 Å². The molecule has 0 bridgehead atoms. The first-order valence-electron chi connectivity index (χ1n) is 6.18. The summed E-state index contributed by atoms with van der Waals surface area (Å²) >= 11 is 7.45. The molecule has 0 fully saturated rings. The molecule has 0 saturated heterocycles. The van der Waals surface area contributed by atoms with Gasteiger partial charge in [-0.3, -0.25) is 4.79 Å². The highest BCUT2D eigenvalue weighted by atomic mass is 35.5. The number of carboxylic acid groups (broad SMARTS) is 1. The van der Waals surface area contributed by atoms with Crippen molar-refractivity contribution >= 4 is 29.3 Å². The minimum atomic E-state index is -0.990. The van der Waals surface area contributed by atoms with E-state index in [1.165, 1.54) is 16.4 Å². The summed E-state index contributed by atoms with van der Waals surface area (Å²) in [5.74, 6) is 0.434. The summed E-state index contributed by atoms with van der Waals surface area (Å²) in [6.07, 6.45) is 0.852. The smallest absolute Gasteiger partial charge is 0.325 e. The normalized spacial score (nSPS) is 13.0. The van der Waals surface area contributed by atoms with Gasteiger partial charge in [-0.2, -0.15) is 0 Å². The van der Waals surface area contributed by atoms with Crippen LogP contribution in [0.15, 0.2) is 17.3 Å². The van der Waals surface area contributed by atoms with Crippen LogP contribution in [0.2, 0.25) is 5.02 Å². The number of benzene rings is 1. The van der Waals surface area contributed by atoms with Crippen molar-refractivity contribution in [2.45, 2.75) is 23.9 Å². The van der Waals surface area contributed by atoms with E-state index in [1.54, 1.807) is 0 Å². The van der Waals surface area contributed by atoms with Gasteiger partial charge in [0, 0.05) is 22.8 Å². The third kappa shape index (κ3) is 3.11. The van der Waals surface area contributed by atoms with Gasteiger partial charge in [0.2, 0.25) is 5.16 Å². The van der Waals surface area contributed by atoms with Gasteiger partial charge in [-0.15, -0.1) is 5.10 Å². The topological polar surface area (TPSA) is 90.1 Å². The van der Waals surface area contributed by atoms with Gasteiger partial charge >= 0.3 is 5.97 Å². The number of nitrogens with zero attached hydrogens (tertiary/aromatic N) is 4. The molecule has 1 aromatic carbocycles. The van der Waals surface area contributed by atoms with Gasteiger partial charge in [0.25, 0.3) is 0 Å². The molecule has 3 rings (SSSR count). The summed E-state index contributed by atoms with van der Waals surface area (Å²) in [5.41, 5.74) is 2.06. The molecule has 0 saturated carbocycles. The molecule has 1 aliphatic heterocycles. The van der Waals surface area contributed by atoms with Crippen molar-refractivity contribution < 1.29 is 14.6 Å². The molecule has 110 valence electrons. The van der Waals surface area contributed by atoms with E-state index in [0.29, 0.717) is 22.5 Å². The second-order valence-electron chi connectivity index (χ2n) is 4.45. The number of rotatable bonds is 5. The first-order valence-corrected chi connectivity index (χ1v) is 7.54. The van der Waals surface area contributed by atoms with Crippen LogP contribution >= 0.6 is 23.4 Å². The first kappa shape index (κ1) is 14.2. The van der Waals surface area contributed by atoms with Crippen molar-refractivity contribution in [3.8, 4) is 5.75 Å². The summed E-state index contributed by atoms with van der Waals surface area (Å²) in [7, 11) is 0. The predicted octanol–water partition coefficient (Wildman–Crippen LogP) is 1.64. The quantitative estimate of drug-likeness (QED) is 0.835. The summed E-state index contributed by atoms with van der Waals surface area (Å²) in [6.45, 7) is 0.392. The van der Waals surface area contributed by atoms with Gasteiger partial charge in [0.15, 0.2) is 0 Å². The number of halogens is 1. The number of aliphatic carboxylic acids is 1. The van der Waals surface area contributed by atoms with Crippen LogP contribution in [0.25, 0.3) is 0 Å². The summed E-state index contributed by atoms with van der Waals surface area (Å²) in [6, 6.07) is 3.76. The number of aromatic nitrogens is 4. The number of hydrogen-bond donors (Lipinski definition) is 1. The van der Waals surface area contributed by atoms with Crippen LogP contribution in [0.4, 0.5) is 0 Å². The number of tetrazole rings is 1. The summed E-state index contributed by atoms with van der Waals surface area (Å²) in [4.78, 5) is 10.7. The number of ether oxygens (including phenoxy) is 1. The van der Waals surface area contributed by atoms with E-state index in [-0.39, 0.29) is 6.54 Å². The SMILES string of the molecule is O=C(O)Cn1nnnc1SCc1cc(Cl)cc2c1OCC2. The largest absolute Gasteiger partial charge is 0.493 e. The minimum absolute atomic E-state index is 0.264. The van der Waals surface area contributed by atoms with Crippen LogP contribution in [0.1, 0.15) is 11.1 Å². The predicted molar refractivity (Wildman–Crippen MR) is 75.7 cm³/mol. The molecule has 1 N–H and O–H groups in total. The molecule has 0 amide bonds. The van der Waals surface area contributed by atoms with E-state index >= 15 is 0 Å². The maximum Gasteiger partial charge on any atom is 0.325 e. The Morgan fingerprint density at radius 3 is 3.19 bits per heavy atom. The molecule has 2 aromatic rings. The highest BCUT2D eigenvalue weighted by molar-refractivity contribution is 7.98. The zero-order chi connectivity index (χ0) is 14.8. The molecule has 1 aromatic heterocycles. The lowest BCUT2D eigenvalue weighted by atomic mass is 10.1. The van der Waals surface area contributed by atoms with Crippen molar-refractivity contribution in [1.29, 1.82) is 0 Å². The molecule has 1 aliphatic rings. The Morgan fingerprint density at radius 1 is 1.52 bits per heavy atom. The maximum absolute atomic E-state index is 10.7. The zero-order valence-electron chi connectivity index (χ0n) is 10.8. The van der Waals surface area contributed by atoms with Crippen molar-refractivity contribution in [2.75, 3.05) is 6.61 Å². The van der Waals surface area contributed by atoms with Gasteiger partial charge in [-0.1, -0.05) is 23.4 Å².